The maximum absolute atomic E-state index is 12.4. The van der Waals surface area contributed by atoms with E-state index < -0.39 is 0 Å². The first kappa shape index (κ1) is 15.3. The zero-order valence-corrected chi connectivity index (χ0v) is 13.4. The minimum atomic E-state index is 0.103. The third kappa shape index (κ3) is 3.43. The molecule has 1 aromatic rings. The molecular formula is C18H27N2O2+. The van der Waals surface area contributed by atoms with Crippen LogP contribution in [0.3, 0.4) is 0 Å². The maximum atomic E-state index is 12.4. The molecule has 1 aliphatic carbocycles. The van der Waals surface area contributed by atoms with E-state index in [1.54, 1.807) is 7.11 Å². The number of quaternary nitrogens is 1. The fourth-order valence-corrected chi connectivity index (χ4v) is 4.24. The van der Waals surface area contributed by atoms with Gasteiger partial charge < -0.3 is 15.0 Å². The highest BCUT2D eigenvalue weighted by atomic mass is 16.5. The number of para-hydroxylation sites is 2. The Labute approximate surface area is 132 Å². The van der Waals surface area contributed by atoms with Gasteiger partial charge in [0.05, 0.1) is 25.4 Å². The van der Waals surface area contributed by atoms with Crippen LogP contribution in [0.15, 0.2) is 24.3 Å². The lowest BCUT2D eigenvalue weighted by Gasteiger charge is -2.40. The number of rotatable bonds is 4. The number of fused-ring (bicyclic) bond motifs is 1. The van der Waals surface area contributed by atoms with Crippen LogP contribution >= 0.6 is 0 Å². The van der Waals surface area contributed by atoms with Crippen LogP contribution in [-0.4, -0.2) is 32.1 Å². The van der Waals surface area contributed by atoms with Crippen LogP contribution in [0.4, 0.5) is 5.69 Å². The fourth-order valence-electron chi connectivity index (χ4n) is 4.24. The Kier molecular flexibility index (Phi) is 4.98. The summed E-state index contributed by atoms with van der Waals surface area (Å²) in [6, 6.07) is 8.30. The lowest BCUT2D eigenvalue weighted by molar-refractivity contribution is -0.928. The second kappa shape index (κ2) is 7.14. The van der Waals surface area contributed by atoms with Gasteiger partial charge in [0.15, 0.2) is 6.54 Å². The number of amides is 1. The largest absolute Gasteiger partial charge is 0.495 e. The van der Waals surface area contributed by atoms with Gasteiger partial charge in [0, 0.05) is 5.92 Å². The van der Waals surface area contributed by atoms with Gasteiger partial charge in [-0.1, -0.05) is 18.6 Å². The quantitative estimate of drug-likeness (QED) is 0.892. The lowest BCUT2D eigenvalue weighted by atomic mass is 9.78. The number of carbonyl (C=O) groups is 1. The Morgan fingerprint density at radius 3 is 2.86 bits per heavy atom. The predicted molar refractivity (Wildman–Crippen MR) is 87.3 cm³/mol. The standard InChI is InChI=1S/C18H26N2O2/c1-22-17-11-5-3-9-15(17)19-18(21)13-20-12-6-8-14-7-2-4-10-16(14)20/h3,5,9,11,14,16H,2,4,6-8,10,12-13H2,1H3,(H,19,21)/p+1/t14-,16+/m1/s1. The first-order valence-corrected chi connectivity index (χ1v) is 8.55. The molecule has 1 aliphatic heterocycles. The Bertz CT molecular complexity index is 516. The van der Waals surface area contributed by atoms with Gasteiger partial charge in [-0.2, -0.15) is 0 Å². The van der Waals surface area contributed by atoms with Crippen LogP contribution in [-0.2, 0) is 4.79 Å². The van der Waals surface area contributed by atoms with Crippen molar-refractivity contribution in [3.8, 4) is 5.75 Å². The van der Waals surface area contributed by atoms with Crippen molar-refractivity contribution in [1.82, 2.24) is 0 Å². The number of methoxy groups -OCH3 is 1. The number of ether oxygens (including phenoxy) is 1. The highest BCUT2D eigenvalue weighted by Crippen LogP contribution is 2.28. The van der Waals surface area contributed by atoms with Crippen LogP contribution in [0.5, 0.6) is 5.75 Å². The number of carbonyl (C=O) groups excluding carboxylic acids is 1. The molecule has 1 unspecified atom stereocenters. The van der Waals surface area contributed by atoms with E-state index in [9.17, 15) is 4.79 Å². The van der Waals surface area contributed by atoms with Crippen LogP contribution in [0.2, 0.25) is 0 Å². The molecule has 2 aliphatic rings. The SMILES string of the molecule is COc1ccccc1NC(=O)C[NH+]1CCC[C@H]2CCCC[C@@H]21. The van der Waals surface area contributed by atoms with Crippen molar-refractivity contribution in [3.63, 3.8) is 0 Å². The maximum Gasteiger partial charge on any atom is 0.279 e. The Hall–Kier alpha value is -1.55. The first-order valence-electron chi connectivity index (χ1n) is 8.55. The van der Waals surface area contributed by atoms with Gasteiger partial charge in [0.1, 0.15) is 5.75 Å². The minimum Gasteiger partial charge on any atom is -0.495 e. The van der Waals surface area contributed by atoms with Gasteiger partial charge in [-0.15, -0.1) is 0 Å². The smallest absolute Gasteiger partial charge is 0.279 e. The van der Waals surface area contributed by atoms with Crippen LogP contribution < -0.4 is 15.0 Å². The van der Waals surface area contributed by atoms with E-state index in [2.05, 4.69) is 5.32 Å². The Morgan fingerprint density at radius 1 is 1.23 bits per heavy atom. The van der Waals surface area contributed by atoms with Crippen LogP contribution in [0, 0.1) is 5.92 Å². The van der Waals surface area contributed by atoms with E-state index >= 15 is 0 Å². The highest BCUT2D eigenvalue weighted by Gasteiger charge is 2.37. The van der Waals surface area contributed by atoms with Crippen molar-refractivity contribution in [2.24, 2.45) is 5.92 Å². The summed E-state index contributed by atoms with van der Waals surface area (Å²) in [6.07, 6.45) is 7.99. The van der Waals surface area contributed by atoms with E-state index in [1.165, 1.54) is 43.4 Å². The van der Waals surface area contributed by atoms with E-state index in [0.29, 0.717) is 12.6 Å². The molecule has 0 aromatic heterocycles. The zero-order valence-electron chi connectivity index (χ0n) is 13.4. The van der Waals surface area contributed by atoms with Crippen molar-refractivity contribution in [2.45, 2.75) is 44.6 Å². The normalized spacial score (nSPS) is 27.8. The van der Waals surface area contributed by atoms with Crippen molar-refractivity contribution in [2.75, 3.05) is 25.5 Å². The molecule has 2 fully saturated rings. The molecule has 3 rings (SSSR count). The van der Waals surface area contributed by atoms with Gasteiger partial charge in [0.25, 0.3) is 5.91 Å². The van der Waals surface area contributed by atoms with Gasteiger partial charge >= 0.3 is 0 Å². The zero-order chi connectivity index (χ0) is 15.4. The average Bonchev–Trinajstić information content (AvgIpc) is 2.55. The van der Waals surface area contributed by atoms with Crippen LogP contribution in [0.1, 0.15) is 38.5 Å². The number of hydrogen-bond donors (Lipinski definition) is 2. The van der Waals surface area contributed by atoms with Gasteiger partial charge in [-0.3, -0.25) is 4.79 Å². The number of nitrogens with one attached hydrogen (secondary N) is 2. The Morgan fingerprint density at radius 2 is 2.00 bits per heavy atom. The minimum absolute atomic E-state index is 0.103. The number of hydrogen-bond acceptors (Lipinski definition) is 2. The molecule has 4 nitrogen and oxygen atoms in total. The lowest BCUT2D eigenvalue weighted by Crippen LogP contribution is -3.18. The van der Waals surface area contributed by atoms with Crippen molar-refractivity contribution in [1.29, 1.82) is 0 Å². The molecule has 0 bridgehead atoms. The average molecular weight is 303 g/mol. The summed E-state index contributed by atoms with van der Waals surface area (Å²) in [5.41, 5.74) is 0.770. The number of benzene rings is 1. The summed E-state index contributed by atoms with van der Waals surface area (Å²) in [5, 5.41) is 3.02. The summed E-state index contributed by atoms with van der Waals surface area (Å²) < 4.78 is 5.30. The van der Waals surface area contributed by atoms with Gasteiger partial charge in [-0.05, 0) is 44.2 Å². The summed E-state index contributed by atoms with van der Waals surface area (Å²) >= 11 is 0. The van der Waals surface area contributed by atoms with E-state index in [-0.39, 0.29) is 5.91 Å². The summed E-state index contributed by atoms with van der Waals surface area (Å²) in [5.74, 6) is 1.67. The van der Waals surface area contributed by atoms with Crippen molar-refractivity contribution >= 4 is 11.6 Å². The monoisotopic (exact) mass is 303 g/mol. The third-order valence-corrected chi connectivity index (χ3v) is 5.27. The number of likely N-dealkylation sites (tertiary alicyclic amines) is 1. The second-order valence-electron chi connectivity index (χ2n) is 6.63. The molecule has 1 amide bonds. The predicted octanol–water partition coefficient (Wildman–Crippen LogP) is 1.87. The molecule has 4 heteroatoms. The molecule has 1 heterocycles. The summed E-state index contributed by atoms with van der Waals surface area (Å²) in [7, 11) is 1.63. The number of piperidine rings is 1. The van der Waals surface area contributed by atoms with Crippen molar-refractivity contribution < 1.29 is 14.4 Å². The van der Waals surface area contributed by atoms with Crippen LogP contribution in [0.25, 0.3) is 0 Å². The molecule has 1 saturated carbocycles. The fraction of sp³-hybridized carbons (Fsp3) is 0.611. The molecule has 22 heavy (non-hydrogen) atoms. The number of anilines is 1. The summed E-state index contributed by atoms with van der Waals surface area (Å²) in [4.78, 5) is 13.9. The first-order chi connectivity index (χ1) is 10.8. The van der Waals surface area contributed by atoms with Crippen molar-refractivity contribution in [3.05, 3.63) is 24.3 Å². The molecular weight excluding hydrogens is 276 g/mol. The van der Waals surface area contributed by atoms with E-state index in [0.717, 1.165) is 23.9 Å². The molecule has 3 atom stereocenters. The molecule has 1 aromatic carbocycles. The molecule has 0 spiro atoms. The molecule has 1 saturated heterocycles. The second-order valence-corrected chi connectivity index (χ2v) is 6.63. The highest BCUT2D eigenvalue weighted by molar-refractivity contribution is 5.92. The third-order valence-electron chi connectivity index (χ3n) is 5.27. The topological polar surface area (TPSA) is 42.8 Å². The summed E-state index contributed by atoms with van der Waals surface area (Å²) in [6.45, 7) is 1.72. The molecule has 120 valence electrons. The van der Waals surface area contributed by atoms with Gasteiger partial charge in [-0.25, -0.2) is 0 Å². The molecule has 0 radical (unpaired) electrons. The molecule has 2 N–H and O–H groups in total. The van der Waals surface area contributed by atoms with E-state index in [1.807, 2.05) is 24.3 Å². The van der Waals surface area contributed by atoms with Gasteiger partial charge in [0.2, 0.25) is 0 Å². The van der Waals surface area contributed by atoms with E-state index in [4.69, 9.17) is 4.74 Å². The Balaban J connectivity index is 1.61.